The first-order valence-electron chi connectivity index (χ1n) is 8.05. The van der Waals surface area contributed by atoms with Crippen LogP contribution in [0.3, 0.4) is 0 Å². The summed E-state index contributed by atoms with van der Waals surface area (Å²) in [5.41, 5.74) is 0. The smallest absolute Gasteiger partial charge is 0.150 e. The van der Waals surface area contributed by atoms with Crippen molar-refractivity contribution in [2.75, 3.05) is 31.1 Å². The Kier molecular flexibility index (Phi) is 7.48. The maximum absolute atomic E-state index is 11.6. The van der Waals surface area contributed by atoms with Gasteiger partial charge >= 0.3 is 0 Å². The topological polar surface area (TPSA) is 49.4 Å². The summed E-state index contributed by atoms with van der Waals surface area (Å²) in [4.78, 5) is 2.49. The molecule has 1 saturated heterocycles. The number of rotatable bonds is 8. The molecule has 2 atom stereocenters. The number of piperazine rings is 1. The molecule has 0 spiro atoms. The van der Waals surface area contributed by atoms with Crippen LogP contribution in [0, 0.1) is 5.92 Å². The van der Waals surface area contributed by atoms with E-state index in [0.29, 0.717) is 23.8 Å². The third-order valence-electron chi connectivity index (χ3n) is 4.18. The predicted molar refractivity (Wildman–Crippen MR) is 85.8 cm³/mol. The molecule has 1 fully saturated rings. The quantitative estimate of drug-likeness (QED) is 0.744. The van der Waals surface area contributed by atoms with Crippen molar-refractivity contribution in [3.8, 4) is 0 Å². The van der Waals surface area contributed by atoms with Crippen LogP contribution >= 0.6 is 0 Å². The van der Waals surface area contributed by atoms with Gasteiger partial charge in [-0.05, 0) is 31.7 Å². The van der Waals surface area contributed by atoms with Crippen molar-refractivity contribution in [1.29, 1.82) is 0 Å². The third-order valence-corrected chi connectivity index (χ3v) is 5.97. The first kappa shape index (κ1) is 17.9. The Hall–Kier alpha value is -0.130. The molecule has 1 aliphatic rings. The monoisotopic (exact) mass is 304 g/mol. The fourth-order valence-corrected chi connectivity index (χ4v) is 3.82. The molecular weight excluding hydrogens is 272 g/mol. The SMILES string of the molecule is CCC1CNC(CC(C)C)CN1CCCS(=O)(=O)CC. The highest BCUT2D eigenvalue weighted by Crippen LogP contribution is 2.15. The Labute approximate surface area is 125 Å². The van der Waals surface area contributed by atoms with Crippen LogP contribution in [-0.4, -0.2) is 56.5 Å². The first-order chi connectivity index (χ1) is 9.38. The molecule has 0 saturated carbocycles. The molecule has 1 heterocycles. The molecular formula is C15H32N2O2S. The lowest BCUT2D eigenvalue weighted by atomic mass is 9.99. The van der Waals surface area contributed by atoms with Crippen LogP contribution in [0.2, 0.25) is 0 Å². The normalized spacial score (nSPS) is 25.2. The Morgan fingerprint density at radius 3 is 2.55 bits per heavy atom. The van der Waals surface area contributed by atoms with Gasteiger partial charge in [-0.1, -0.05) is 27.7 Å². The van der Waals surface area contributed by atoms with Gasteiger partial charge in [0.15, 0.2) is 0 Å². The fraction of sp³-hybridized carbons (Fsp3) is 1.00. The zero-order chi connectivity index (χ0) is 15.2. The summed E-state index contributed by atoms with van der Waals surface area (Å²) in [6.45, 7) is 11.5. The fourth-order valence-electron chi connectivity index (χ4n) is 2.96. The van der Waals surface area contributed by atoms with Crippen LogP contribution in [-0.2, 0) is 9.84 Å². The van der Waals surface area contributed by atoms with E-state index in [9.17, 15) is 8.42 Å². The molecule has 0 radical (unpaired) electrons. The van der Waals surface area contributed by atoms with Crippen LogP contribution in [0.4, 0.5) is 0 Å². The second-order valence-electron chi connectivity index (χ2n) is 6.38. The average Bonchev–Trinajstić information content (AvgIpc) is 2.38. The third kappa shape index (κ3) is 6.10. The van der Waals surface area contributed by atoms with E-state index in [1.165, 1.54) is 6.42 Å². The van der Waals surface area contributed by atoms with Crippen molar-refractivity contribution in [2.24, 2.45) is 5.92 Å². The van der Waals surface area contributed by atoms with Crippen molar-refractivity contribution in [3.63, 3.8) is 0 Å². The number of hydrogen-bond acceptors (Lipinski definition) is 4. The molecule has 0 bridgehead atoms. The molecule has 120 valence electrons. The van der Waals surface area contributed by atoms with Crippen LogP contribution in [0.5, 0.6) is 0 Å². The number of sulfone groups is 1. The molecule has 4 nitrogen and oxygen atoms in total. The molecule has 2 unspecified atom stereocenters. The van der Waals surface area contributed by atoms with E-state index in [0.717, 1.165) is 32.5 Å². The molecule has 5 heteroatoms. The highest BCUT2D eigenvalue weighted by Gasteiger charge is 2.26. The van der Waals surface area contributed by atoms with Gasteiger partial charge in [0.2, 0.25) is 0 Å². The maximum Gasteiger partial charge on any atom is 0.150 e. The number of hydrogen-bond donors (Lipinski definition) is 1. The van der Waals surface area contributed by atoms with Gasteiger partial charge in [-0.3, -0.25) is 4.90 Å². The zero-order valence-electron chi connectivity index (χ0n) is 13.6. The van der Waals surface area contributed by atoms with Gasteiger partial charge in [0.1, 0.15) is 9.84 Å². The van der Waals surface area contributed by atoms with Crippen molar-refractivity contribution < 1.29 is 8.42 Å². The lowest BCUT2D eigenvalue weighted by Gasteiger charge is -2.40. The van der Waals surface area contributed by atoms with Crippen molar-refractivity contribution in [1.82, 2.24) is 10.2 Å². The standard InChI is InChI=1S/C15H32N2O2S/c1-5-15-11-16-14(10-13(3)4)12-17(15)8-7-9-20(18,19)6-2/h13-16H,5-12H2,1-4H3. The molecule has 0 aliphatic carbocycles. The summed E-state index contributed by atoms with van der Waals surface area (Å²) in [6, 6.07) is 1.11. The summed E-state index contributed by atoms with van der Waals surface area (Å²) in [5, 5.41) is 3.64. The predicted octanol–water partition coefficient (Wildman–Crippen LogP) is 1.91. The average molecular weight is 305 g/mol. The minimum atomic E-state index is -2.82. The van der Waals surface area contributed by atoms with Crippen LogP contribution in [0.15, 0.2) is 0 Å². The lowest BCUT2D eigenvalue weighted by Crippen LogP contribution is -2.56. The summed E-state index contributed by atoms with van der Waals surface area (Å²) < 4.78 is 23.1. The number of nitrogens with zero attached hydrogens (tertiary/aromatic N) is 1. The Balaban J connectivity index is 2.46. The van der Waals surface area contributed by atoms with E-state index in [-0.39, 0.29) is 5.75 Å². The zero-order valence-corrected chi connectivity index (χ0v) is 14.4. The van der Waals surface area contributed by atoms with Gasteiger partial charge in [-0.15, -0.1) is 0 Å². The second kappa shape index (κ2) is 8.35. The van der Waals surface area contributed by atoms with Crippen LogP contribution in [0.25, 0.3) is 0 Å². The first-order valence-corrected chi connectivity index (χ1v) is 9.88. The van der Waals surface area contributed by atoms with Gasteiger partial charge in [0.25, 0.3) is 0 Å². The molecule has 20 heavy (non-hydrogen) atoms. The van der Waals surface area contributed by atoms with Gasteiger partial charge in [-0.25, -0.2) is 8.42 Å². The second-order valence-corrected chi connectivity index (χ2v) is 8.85. The van der Waals surface area contributed by atoms with Gasteiger partial charge in [-0.2, -0.15) is 0 Å². The van der Waals surface area contributed by atoms with Gasteiger partial charge in [0, 0.05) is 30.9 Å². The van der Waals surface area contributed by atoms with E-state index in [4.69, 9.17) is 0 Å². The highest BCUT2D eigenvalue weighted by atomic mass is 32.2. The minimum Gasteiger partial charge on any atom is -0.311 e. The minimum absolute atomic E-state index is 0.266. The van der Waals surface area contributed by atoms with Gasteiger partial charge < -0.3 is 5.32 Å². The van der Waals surface area contributed by atoms with Crippen molar-refractivity contribution >= 4 is 9.84 Å². The Morgan fingerprint density at radius 1 is 1.30 bits per heavy atom. The van der Waals surface area contributed by atoms with Crippen molar-refractivity contribution in [2.45, 2.75) is 59.0 Å². The molecule has 0 amide bonds. The van der Waals surface area contributed by atoms with E-state index < -0.39 is 9.84 Å². The van der Waals surface area contributed by atoms with Crippen molar-refractivity contribution in [3.05, 3.63) is 0 Å². The molecule has 0 aromatic carbocycles. The lowest BCUT2D eigenvalue weighted by molar-refractivity contribution is 0.119. The molecule has 1 aliphatic heterocycles. The molecule has 0 aromatic heterocycles. The van der Waals surface area contributed by atoms with E-state index in [1.807, 2.05) is 0 Å². The molecule has 0 aromatic rings. The maximum atomic E-state index is 11.6. The van der Waals surface area contributed by atoms with Crippen LogP contribution in [0.1, 0.15) is 47.0 Å². The molecule has 1 N–H and O–H groups in total. The summed E-state index contributed by atoms with van der Waals surface area (Å²) in [5.74, 6) is 1.30. The van der Waals surface area contributed by atoms with Gasteiger partial charge in [0.05, 0.1) is 5.75 Å². The summed E-state index contributed by atoms with van der Waals surface area (Å²) in [7, 11) is -2.82. The summed E-state index contributed by atoms with van der Waals surface area (Å²) >= 11 is 0. The van der Waals surface area contributed by atoms with E-state index >= 15 is 0 Å². The van der Waals surface area contributed by atoms with Crippen LogP contribution < -0.4 is 5.32 Å². The summed E-state index contributed by atoms with van der Waals surface area (Å²) in [6.07, 6.45) is 3.09. The number of nitrogens with one attached hydrogen (secondary N) is 1. The Morgan fingerprint density at radius 2 is 2.00 bits per heavy atom. The molecule has 1 rings (SSSR count). The Bertz CT molecular complexity index is 368. The largest absolute Gasteiger partial charge is 0.311 e. The highest BCUT2D eigenvalue weighted by molar-refractivity contribution is 7.91. The van der Waals surface area contributed by atoms with E-state index in [2.05, 4.69) is 31.0 Å². The van der Waals surface area contributed by atoms with E-state index in [1.54, 1.807) is 6.92 Å².